The SMILES string of the molecule is CCCO[C@H]1C[C@H](C)C([N+](=O)[O-])=C2N(Cc3cccnc3Cl)CCN21. The van der Waals surface area contributed by atoms with Gasteiger partial charge in [0.05, 0.1) is 10.8 Å². The molecule has 0 N–H and O–H groups in total. The Kier molecular flexibility index (Phi) is 5.44. The van der Waals surface area contributed by atoms with Crippen LogP contribution in [0.2, 0.25) is 5.15 Å². The third-order valence-corrected chi connectivity index (χ3v) is 5.03. The first-order chi connectivity index (χ1) is 12.0. The molecular weight excluding hydrogens is 344 g/mol. The van der Waals surface area contributed by atoms with Crippen LogP contribution in [0.4, 0.5) is 0 Å². The summed E-state index contributed by atoms with van der Waals surface area (Å²) >= 11 is 6.18. The first kappa shape index (κ1) is 17.9. The van der Waals surface area contributed by atoms with Crippen LogP contribution in [0.1, 0.15) is 32.3 Å². The smallest absolute Gasteiger partial charge is 0.289 e. The maximum Gasteiger partial charge on any atom is 0.289 e. The molecule has 7 nitrogen and oxygen atoms in total. The first-order valence-corrected chi connectivity index (χ1v) is 9.01. The highest BCUT2D eigenvalue weighted by atomic mass is 35.5. The summed E-state index contributed by atoms with van der Waals surface area (Å²) in [5.41, 5.74) is 1.14. The topological polar surface area (TPSA) is 71.7 Å². The molecule has 0 aromatic carbocycles. The summed E-state index contributed by atoms with van der Waals surface area (Å²) in [6.07, 6.45) is 3.10. The summed E-state index contributed by atoms with van der Waals surface area (Å²) in [5, 5.41) is 12.1. The van der Waals surface area contributed by atoms with Crippen molar-refractivity contribution in [1.29, 1.82) is 0 Å². The van der Waals surface area contributed by atoms with Crippen LogP contribution in [0.3, 0.4) is 0 Å². The molecule has 0 saturated carbocycles. The third-order valence-electron chi connectivity index (χ3n) is 4.69. The van der Waals surface area contributed by atoms with E-state index in [1.165, 1.54) is 0 Å². The number of nitro groups is 1. The van der Waals surface area contributed by atoms with Gasteiger partial charge in [0.25, 0.3) is 5.70 Å². The summed E-state index contributed by atoms with van der Waals surface area (Å²) in [4.78, 5) is 19.6. The number of allylic oxidation sites excluding steroid dienone is 1. The average molecular weight is 367 g/mol. The Labute approximate surface area is 152 Å². The number of aromatic nitrogens is 1. The first-order valence-electron chi connectivity index (χ1n) is 8.64. The van der Waals surface area contributed by atoms with E-state index in [-0.39, 0.29) is 22.8 Å². The second kappa shape index (κ2) is 7.58. The van der Waals surface area contributed by atoms with Crippen LogP contribution in [-0.4, -0.2) is 45.6 Å². The van der Waals surface area contributed by atoms with Crippen LogP contribution in [-0.2, 0) is 11.3 Å². The zero-order chi connectivity index (χ0) is 18.0. The monoisotopic (exact) mass is 366 g/mol. The second-order valence-electron chi connectivity index (χ2n) is 6.50. The molecule has 0 aliphatic carbocycles. The number of halogens is 1. The number of pyridine rings is 1. The Morgan fingerprint density at radius 1 is 1.48 bits per heavy atom. The Hall–Kier alpha value is -1.86. The molecule has 0 bridgehead atoms. The fourth-order valence-corrected chi connectivity index (χ4v) is 3.72. The van der Waals surface area contributed by atoms with Gasteiger partial charge in [-0.3, -0.25) is 10.1 Å². The molecule has 3 rings (SSSR count). The fraction of sp³-hybridized carbons (Fsp3) is 0.588. The van der Waals surface area contributed by atoms with Crippen molar-refractivity contribution in [3.8, 4) is 0 Å². The van der Waals surface area contributed by atoms with Crippen molar-refractivity contribution in [3.63, 3.8) is 0 Å². The van der Waals surface area contributed by atoms with Crippen LogP contribution in [0.5, 0.6) is 0 Å². The van der Waals surface area contributed by atoms with Crippen molar-refractivity contribution in [2.75, 3.05) is 19.7 Å². The van der Waals surface area contributed by atoms with Gasteiger partial charge in [-0.05, 0) is 12.5 Å². The summed E-state index contributed by atoms with van der Waals surface area (Å²) in [7, 11) is 0. The zero-order valence-electron chi connectivity index (χ0n) is 14.5. The van der Waals surface area contributed by atoms with Crippen LogP contribution in [0.15, 0.2) is 29.8 Å². The third kappa shape index (κ3) is 3.57. The van der Waals surface area contributed by atoms with Gasteiger partial charge < -0.3 is 14.5 Å². The fourth-order valence-electron chi connectivity index (χ4n) is 3.54. The van der Waals surface area contributed by atoms with Gasteiger partial charge in [0.15, 0.2) is 5.82 Å². The number of rotatable bonds is 6. The Bertz CT molecular complexity index is 682. The lowest BCUT2D eigenvalue weighted by Gasteiger charge is -2.37. The van der Waals surface area contributed by atoms with E-state index in [0.29, 0.717) is 43.6 Å². The van der Waals surface area contributed by atoms with Crippen molar-refractivity contribution in [2.24, 2.45) is 5.92 Å². The molecule has 1 aromatic rings. The van der Waals surface area contributed by atoms with Crippen molar-refractivity contribution in [1.82, 2.24) is 14.8 Å². The molecule has 2 aliphatic heterocycles. The number of fused-ring (bicyclic) bond motifs is 1. The van der Waals surface area contributed by atoms with Crippen molar-refractivity contribution >= 4 is 11.6 Å². The summed E-state index contributed by atoms with van der Waals surface area (Å²) in [5.74, 6) is 0.512. The maximum atomic E-state index is 11.7. The van der Waals surface area contributed by atoms with Gasteiger partial charge in [0.1, 0.15) is 11.4 Å². The van der Waals surface area contributed by atoms with Gasteiger partial charge >= 0.3 is 0 Å². The van der Waals surface area contributed by atoms with Crippen molar-refractivity contribution in [3.05, 3.63) is 50.7 Å². The normalized spacial score (nSPS) is 23.2. The zero-order valence-corrected chi connectivity index (χ0v) is 15.3. The molecule has 1 saturated heterocycles. The molecule has 1 aromatic heterocycles. The molecule has 8 heteroatoms. The van der Waals surface area contributed by atoms with Crippen molar-refractivity contribution in [2.45, 2.75) is 39.5 Å². The predicted octanol–water partition coefficient (Wildman–Crippen LogP) is 3.09. The van der Waals surface area contributed by atoms with E-state index in [1.54, 1.807) is 6.20 Å². The van der Waals surface area contributed by atoms with E-state index >= 15 is 0 Å². The Morgan fingerprint density at radius 3 is 2.96 bits per heavy atom. The van der Waals surface area contributed by atoms with E-state index in [0.717, 1.165) is 12.0 Å². The van der Waals surface area contributed by atoms with Crippen LogP contribution in [0, 0.1) is 16.0 Å². The molecule has 0 amide bonds. The van der Waals surface area contributed by atoms with Gasteiger partial charge in [-0.25, -0.2) is 4.98 Å². The lowest BCUT2D eigenvalue weighted by Crippen LogP contribution is -2.43. The van der Waals surface area contributed by atoms with Crippen LogP contribution < -0.4 is 0 Å². The molecule has 3 heterocycles. The molecule has 0 unspecified atom stereocenters. The van der Waals surface area contributed by atoms with E-state index in [2.05, 4.69) is 11.9 Å². The molecule has 2 aliphatic rings. The standard InChI is InChI=1S/C17H23ClN4O3/c1-3-9-25-14-10-12(2)15(22(23)24)17-20(7-8-21(14)17)11-13-5-4-6-19-16(13)18/h4-6,12,14H,3,7-11H2,1-2H3/t12-,14-/m0/s1. The molecule has 25 heavy (non-hydrogen) atoms. The number of hydrogen-bond donors (Lipinski definition) is 0. The minimum Gasteiger partial charge on any atom is -0.358 e. The van der Waals surface area contributed by atoms with Gasteiger partial charge in [-0.1, -0.05) is 31.5 Å². The molecule has 0 radical (unpaired) electrons. The summed E-state index contributed by atoms with van der Waals surface area (Å²) in [6, 6.07) is 3.73. The van der Waals surface area contributed by atoms with E-state index in [4.69, 9.17) is 16.3 Å². The number of hydrogen-bond acceptors (Lipinski definition) is 6. The van der Waals surface area contributed by atoms with Crippen molar-refractivity contribution < 1.29 is 9.66 Å². The highest BCUT2D eigenvalue weighted by Gasteiger charge is 2.45. The Morgan fingerprint density at radius 2 is 2.28 bits per heavy atom. The summed E-state index contributed by atoms with van der Waals surface area (Å²) < 4.78 is 5.97. The largest absolute Gasteiger partial charge is 0.358 e. The quantitative estimate of drug-likeness (QED) is 0.437. The minimum atomic E-state index is -0.244. The molecule has 136 valence electrons. The molecule has 1 fully saturated rings. The highest BCUT2D eigenvalue weighted by Crippen LogP contribution is 2.38. The second-order valence-corrected chi connectivity index (χ2v) is 6.85. The highest BCUT2D eigenvalue weighted by molar-refractivity contribution is 6.30. The van der Waals surface area contributed by atoms with Gasteiger partial charge in [-0.15, -0.1) is 0 Å². The number of nitrogens with zero attached hydrogens (tertiary/aromatic N) is 4. The van der Waals surface area contributed by atoms with Crippen LogP contribution in [0.25, 0.3) is 0 Å². The summed E-state index contributed by atoms with van der Waals surface area (Å²) in [6.45, 7) is 6.54. The predicted molar refractivity (Wildman–Crippen MR) is 94.2 cm³/mol. The molecular formula is C17H23ClN4O3. The van der Waals surface area contributed by atoms with Gasteiger partial charge in [-0.2, -0.15) is 0 Å². The lowest BCUT2D eigenvalue weighted by atomic mass is 9.98. The van der Waals surface area contributed by atoms with Gasteiger partial charge in [0, 0.05) is 44.4 Å². The maximum absolute atomic E-state index is 11.7. The number of ether oxygens (including phenoxy) is 1. The van der Waals surface area contributed by atoms with E-state index in [1.807, 2.05) is 28.9 Å². The van der Waals surface area contributed by atoms with E-state index in [9.17, 15) is 10.1 Å². The Balaban J connectivity index is 1.92. The molecule has 0 spiro atoms. The van der Waals surface area contributed by atoms with Gasteiger partial charge in [0.2, 0.25) is 0 Å². The lowest BCUT2D eigenvalue weighted by molar-refractivity contribution is -0.439. The van der Waals surface area contributed by atoms with E-state index < -0.39 is 0 Å². The van der Waals surface area contributed by atoms with Crippen LogP contribution >= 0.6 is 11.6 Å². The average Bonchev–Trinajstić information content (AvgIpc) is 2.98. The minimum absolute atomic E-state index is 0.108. The molecule has 2 atom stereocenters.